The lowest BCUT2D eigenvalue weighted by Gasteiger charge is -2.02. The lowest BCUT2D eigenvalue weighted by atomic mass is 10.0. The first-order valence-corrected chi connectivity index (χ1v) is 3.34. The smallest absolute Gasteiger partial charge is 0.206 e. The Bertz CT molecular complexity index is 131. The van der Waals surface area contributed by atoms with Crippen LogP contribution in [0.15, 0.2) is 0 Å². The lowest BCUT2D eigenvalue weighted by Crippen LogP contribution is -2.03. The molecule has 2 atom stereocenters. The van der Waals surface area contributed by atoms with E-state index in [4.69, 9.17) is 0 Å². The molecule has 2 unspecified atom stereocenters. The molecule has 0 aromatic heterocycles. The van der Waals surface area contributed by atoms with Crippen molar-refractivity contribution in [1.82, 2.24) is 0 Å². The molecule has 1 rings (SSSR count). The Balaban J connectivity index is 2.70. The molecule has 0 aromatic carbocycles. The van der Waals surface area contributed by atoms with Crippen molar-refractivity contribution < 1.29 is 8.78 Å². The molecule has 0 amide bonds. The van der Waals surface area contributed by atoms with Gasteiger partial charge in [-0.1, -0.05) is 20.8 Å². The second-order valence-corrected chi connectivity index (χ2v) is 3.12. The van der Waals surface area contributed by atoms with E-state index in [9.17, 15) is 8.78 Å². The largest absolute Gasteiger partial charge is 0.257 e. The molecule has 0 aliphatic heterocycles. The summed E-state index contributed by atoms with van der Waals surface area (Å²) in [7, 11) is 0. The minimum Gasteiger partial charge on any atom is -0.206 e. The molecule has 0 aromatic rings. The summed E-state index contributed by atoms with van der Waals surface area (Å²) < 4.78 is 25.1. The van der Waals surface area contributed by atoms with Gasteiger partial charge >= 0.3 is 0 Å². The van der Waals surface area contributed by atoms with Crippen LogP contribution < -0.4 is 0 Å². The Morgan fingerprint density at radius 3 is 1.78 bits per heavy atom. The van der Waals surface area contributed by atoms with E-state index in [2.05, 4.69) is 0 Å². The van der Waals surface area contributed by atoms with Gasteiger partial charge in [0.2, 0.25) is 0 Å². The minimum absolute atomic E-state index is 0.407. The van der Waals surface area contributed by atoms with Crippen LogP contribution in [0.3, 0.4) is 0 Å². The quantitative estimate of drug-likeness (QED) is 0.517. The van der Waals surface area contributed by atoms with Gasteiger partial charge < -0.3 is 0 Å². The maximum absolute atomic E-state index is 12.6. The second kappa shape index (κ2) is 1.47. The molecule has 0 radical (unpaired) electrons. The van der Waals surface area contributed by atoms with Crippen molar-refractivity contribution in [1.29, 1.82) is 0 Å². The summed E-state index contributed by atoms with van der Waals surface area (Å²) in [6, 6.07) is 0. The van der Waals surface area contributed by atoms with E-state index in [1.54, 1.807) is 13.8 Å². The van der Waals surface area contributed by atoms with Crippen LogP contribution >= 0.6 is 0 Å². The zero-order chi connectivity index (χ0) is 7.28. The van der Waals surface area contributed by atoms with E-state index in [1.807, 2.05) is 6.92 Å². The SMILES string of the molecule is CCC1(C)C(C)C1(F)F. The first kappa shape index (κ1) is 6.97. The van der Waals surface area contributed by atoms with Crippen LogP contribution in [0, 0.1) is 11.3 Å². The first-order chi connectivity index (χ1) is 3.97. The summed E-state index contributed by atoms with van der Waals surface area (Å²) in [6.07, 6.45) is 0.584. The van der Waals surface area contributed by atoms with Gasteiger partial charge in [-0.25, -0.2) is 8.78 Å². The normalized spacial score (nSPS) is 47.0. The molecule has 1 saturated carbocycles. The van der Waals surface area contributed by atoms with E-state index < -0.39 is 17.3 Å². The number of rotatable bonds is 1. The highest BCUT2D eigenvalue weighted by Gasteiger charge is 2.73. The van der Waals surface area contributed by atoms with E-state index in [0.29, 0.717) is 6.42 Å². The fraction of sp³-hybridized carbons (Fsp3) is 1.00. The van der Waals surface area contributed by atoms with Crippen LogP contribution in [0.2, 0.25) is 0 Å². The third kappa shape index (κ3) is 0.565. The maximum Gasteiger partial charge on any atom is 0.257 e. The van der Waals surface area contributed by atoms with Gasteiger partial charge in [0.1, 0.15) is 0 Å². The summed E-state index contributed by atoms with van der Waals surface area (Å²) >= 11 is 0. The molecule has 0 heterocycles. The molecule has 1 aliphatic rings. The average molecular weight is 134 g/mol. The minimum atomic E-state index is -2.39. The molecule has 9 heavy (non-hydrogen) atoms. The monoisotopic (exact) mass is 134 g/mol. The Labute approximate surface area is 54.3 Å². The van der Waals surface area contributed by atoms with Crippen molar-refractivity contribution in [3.63, 3.8) is 0 Å². The third-order valence-electron chi connectivity index (χ3n) is 2.91. The summed E-state index contributed by atoms with van der Waals surface area (Å²) in [5, 5.41) is 0. The molecule has 0 bridgehead atoms. The average Bonchev–Trinajstić information content (AvgIpc) is 2.16. The molecule has 1 aliphatic carbocycles. The Morgan fingerprint density at radius 1 is 1.44 bits per heavy atom. The van der Waals surface area contributed by atoms with Crippen LogP contribution in [0.4, 0.5) is 8.78 Å². The summed E-state index contributed by atoms with van der Waals surface area (Å²) in [6.45, 7) is 5.08. The molecule has 0 N–H and O–H groups in total. The van der Waals surface area contributed by atoms with Gasteiger partial charge in [-0.15, -0.1) is 0 Å². The van der Waals surface area contributed by atoms with Crippen molar-refractivity contribution in [2.24, 2.45) is 11.3 Å². The summed E-state index contributed by atoms with van der Waals surface area (Å²) in [5.74, 6) is -2.79. The Morgan fingerprint density at radius 2 is 1.78 bits per heavy atom. The van der Waals surface area contributed by atoms with E-state index in [-0.39, 0.29) is 0 Å². The van der Waals surface area contributed by atoms with Gasteiger partial charge in [0.15, 0.2) is 0 Å². The van der Waals surface area contributed by atoms with Crippen LogP contribution in [0.1, 0.15) is 27.2 Å². The molecule has 0 spiro atoms. The van der Waals surface area contributed by atoms with Crippen molar-refractivity contribution in [2.75, 3.05) is 0 Å². The molecular weight excluding hydrogens is 122 g/mol. The Kier molecular flexibility index (Phi) is 1.14. The highest BCUT2D eigenvalue weighted by Crippen LogP contribution is 2.67. The molecule has 2 heteroatoms. The molecule has 0 saturated heterocycles. The van der Waals surface area contributed by atoms with Crippen molar-refractivity contribution >= 4 is 0 Å². The topological polar surface area (TPSA) is 0 Å². The van der Waals surface area contributed by atoms with Gasteiger partial charge in [-0.05, 0) is 6.42 Å². The lowest BCUT2D eigenvalue weighted by molar-refractivity contribution is 0.0621. The van der Waals surface area contributed by atoms with Gasteiger partial charge in [0.05, 0.1) is 0 Å². The molecular formula is C7H12F2. The van der Waals surface area contributed by atoms with Crippen LogP contribution in [0.5, 0.6) is 0 Å². The molecule has 1 fully saturated rings. The molecule has 54 valence electrons. The Hall–Kier alpha value is -0.140. The summed E-state index contributed by atoms with van der Waals surface area (Å²) in [5.41, 5.74) is -0.688. The summed E-state index contributed by atoms with van der Waals surface area (Å²) in [4.78, 5) is 0. The number of halogens is 2. The van der Waals surface area contributed by atoms with E-state index >= 15 is 0 Å². The maximum atomic E-state index is 12.6. The van der Waals surface area contributed by atoms with Gasteiger partial charge in [-0.3, -0.25) is 0 Å². The third-order valence-corrected chi connectivity index (χ3v) is 2.91. The van der Waals surface area contributed by atoms with Gasteiger partial charge in [0.25, 0.3) is 5.92 Å². The number of hydrogen-bond acceptors (Lipinski definition) is 0. The van der Waals surface area contributed by atoms with Crippen molar-refractivity contribution in [2.45, 2.75) is 33.1 Å². The predicted molar refractivity (Wildman–Crippen MR) is 32.5 cm³/mol. The van der Waals surface area contributed by atoms with Crippen LogP contribution in [0.25, 0.3) is 0 Å². The van der Waals surface area contributed by atoms with E-state index in [0.717, 1.165) is 0 Å². The standard InChI is InChI=1S/C7H12F2/c1-4-6(3)5(2)7(6,8)9/h5H,4H2,1-3H3. The first-order valence-electron chi connectivity index (χ1n) is 3.34. The van der Waals surface area contributed by atoms with Crippen molar-refractivity contribution in [3.8, 4) is 0 Å². The highest BCUT2D eigenvalue weighted by molar-refractivity contribution is 5.12. The fourth-order valence-electron chi connectivity index (χ4n) is 1.34. The second-order valence-electron chi connectivity index (χ2n) is 3.12. The zero-order valence-electron chi connectivity index (χ0n) is 6.04. The highest BCUT2D eigenvalue weighted by atomic mass is 19.3. The zero-order valence-corrected chi connectivity index (χ0v) is 6.04. The predicted octanol–water partition coefficient (Wildman–Crippen LogP) is 2.69. The van der Waals surface area contributed by atoms with Crippen LogP contribution in [-0.4, -0.2) is 5.92 Å². The fourth-order valence-corrected chi connectivity index (χ4v) is 1.34. The number of hydrogen-bond donors (Lipinski definition) is 0. The van der Waals surface area contributed by atoms with Crippen molar-refractivity contribution in [3.05, 3.63) is 0 Å². The van der Waals surface area contributed by atoms with Gasteiger partial charge in [-0.2, -0.15) is 0 Å². The number of alkyl halides is 2. The van der Waals surface area contributed by atoms with Crippen LogP contribution in [-0.2, 0) is 0 Å². The van der Waals surface area contributed by atoms with E-state index in [1.165, 1.54) is 0 Å². The van der Waals surface area contributed by atoms with Gasteiger partial charge in [0, 0.05) is 11.3 Å². The molecule has 0 nitrogen and oxygen atoms in total.